The normalized spacial score (nSPS) is 16.3. The van der Waals surface area contributed by atoms with Crippen molar-refractivity contribution in [3.05, 3.63) is 35.4 Å². The second-order valence-electron chi connectivity index (χ2n) is 5.38. The SMILES string of the molecule is CCOC(=O)CCc1cccc(C2CCCCC2)c1. The molecule has 2 heteroatoms. The number of aryl methyl sites for hydroxylation is 1. The van der Waals surface area contributed by atoms with Crippen molar-refractivity contribution in [1.29, 1.82) is 0 Å². The average Bonchev–Trinajstić information content (AvgIpc) is 2.47. The summed E-state index contributed by atoms with van der Waals surface area (Å²) in [7, 11) is 0. The van der Waals surface area contributed by atoms with Crippen LogP contribution in [0.2, 0.25) is 0 Å². The fourth-order valence-corrected chi connectivity index (χ4v) is 2.92. The second kappa shape index (κ2) is 7.32. The lowest BCUT2D eigenvalue weighted by Gasteiger charge is -2.22. The van der Waals surface area contributed by atoms with Gasteiger partial charge >= 0.3 is 5.97 Å². The van der Waals surface area contributed by atoms with Crippen LogP contribution in [0.25, 0.3) is 0 Å². The smallest absolute Gasteiger partial charge is 0.306 e. The number of carbonyl (C=O) groups excluding carboxylic acids is 1. The number of rotatable bonds is 5. The minimum atomic E-state index is -0.0921. The third-order valence-electron chi connectivity index (χ3n) is 3.95. The molecule has 19 heavy (non-hydrogen) atoms. The van der Waals surface area contributed by atoms with Crippen LogP contribution >= 0.6 is 0 Å². The molecule has 0 unspecified atom stereocenters. The van der Waals surface area contributed by atoms with Gasteiger partial charge in [-0.05, 0) is 43.2 Å². The molecule has 1 aromatic rings. The molecule has 1 aliphatic rings. The van der Waals surface area contributed by atoms with Gasteiger partial charge in [-0.25, -0.2) is 0 Å². The molecule has 1 aliphatic carbocycles. The molecule has 2 nitrogen and oxygen atoms in total. The number of ether oxygens (including phenoxy) is 1. The molecule has 1 aromatic carbocycles. The minimum Gasteiger partial charge on any atom is -0.466 e. The summed E-state index contributed by atoms with van der Waals surface area (Å²) in [6.45, 7) is 2.32. The van der Waals surface area contributed by atoms with Gasteiger partial charge in [-0.1, -0.05) is 43.5 Å². The summed E-state index contributed by atoms with van der Waals surface area (Å²) >= 11 is 0. The third kappa shape index (κ3) is 4.38. The first kappa shape index (κ1) is 14.1. The maximum Gasteiger partial charge on any atom is 0.306 e. The van der Waals surface area contributed by atoms with Crippen LogP contribution in [-0.4, -0.2) is 12.6 Å². The predicted octanol–water partition coefficient (Wildman–Crippen LogP) is 4.23. The van der Waals surface area contributed by atoms with E-state index in [1.54, 1.807) is 0 Å². The zero-order valence-electron chi connectivity index (χ0n) is 11.9. The Hall–Kier alpha value is -1.31. The summed E-state index contributed by atoms with van der Waals surface area (Å²) < 4.78 is 4.97. The quantitative estimate of drug-likeness (QED) is 0.740. The Labute approximate surface area is 116 Å². The number of hydrogen-bond donors (Lipinski definition) is 0. The first-order chi connectivity index (χ1) is 9.29. The monoisotopic (exact) mass is 260 g/mol. The van der Waals surface area contributed by atoms with E-state index in [9.17, 15) is 4.79 Å². The first-order valence-electron chi connectivity index (χ1n) is 7.54. The van der Waals surface area contributed by atoms with E-state index in [1.807, 2.05) is 6.92 Å². The van der Waals surface area contributed by atoms with E-state index >= 15 is 0 Å². The summed E-state index contributed by atoms with van der Waals surface area (Å²) in [5.74, 6) is 0.641. The van der Waals surface area contributed by atoms with E-state index in [2.05, 4.69) is 24.3 Å². The van der Waals surface area contributed by atoms with Gasteiger partial charge in [-0.15, -0.1) is 0 Å². The fourth-order valence-electron chi connectivity index (χ4n) is 2.92. The highest BCUT2D eigenvalue weighted by atomic mass is 16.5. The predicted molar refractivity (Wildman–Crippen MR) is 77.2 cm³/mol. The standard InChI is InChI=1S/C17H24O2/c1-2-19-17(18)12-11-14-7-6-10-16(13-14)15-8-4-3-5-9-15/h6-7,10,13,15H,2-5,8-9,11-12H2,1H3. The highest BCUT2D eigenvalue weighted by Crippen LogP contribution is 2.32. The molecule has 0 saturated heterocycles. The molecule has 0 aromatic heterocycles. The molecule has 0 spiro atoms. The highest BCUT2D eigenvalue weighted by Gasteiger charge is 2.15. The number of hydrogen-bond acceptors (Lipinski definition) is 2. The van der Waals surface area contributed by atoms with Crippen molar-refractivity contribution >= 4 is 5.97 Å². The van der Waals surface area contributed by atoms with E-state index in [0.29, 0.717) is 13.0 Å². The van der Waals surface area contributed by atoms with Gasteiger partial charge in [0.25, 0.3) is 0 Å². The maximum absolute atomic E-state index is 11.4. The maximum atomic E-state index is 11.4. The van der Waals surface area contributed by atoms with Crippen molar-refractivity contribution in [2.45, 2.75) is 57.8 Å². The van der Waals surface area contributed by atoms with Crippen LogP contribution in [0.5, 0.6) is 0 Å². The van der Waals surface area contributed by atoms with E-state index in [-0.39, 0.29) is 5.97 Å². The van der Waals surface area contributed by atoms with Gasteiger partial charge in [-0.2, -0.15) is 0 Å². The van der Waals surface area contributed by atoms with Crippen molar-refractivity contribution in [1.82, 2.24) is 0 Å². The van der Waals surface area contributed by atoms with Gasteiger partial charge in [0.2, 0.25) is 0 Å². The fraction of sp³-hybridized carbons (Fsp3) is 0.588. The van der Waals surface area contributed by atoms with Crippen LogP contribution < -0.4 is 0 Å². The summed E-state index contributed by atoms with van der Waals surface area (Å²) in [5, 5.41) is 0. The molecule has 1 saturated carbocycles. The van der Waals surface area contributed by atoms with Gasteiger partial charge in [0.05, 0.1) is 6.61 Å². The van der Waals surface area contributed by atoms with Gasteiger partial charge < -0.3 is 4.74 Å². The Morgan fingerprint density at radius 2 is 2.05 bits per heavy atom. The van der Waals surface area contributed by atoms with Crippen molar-refractivity contribution < 1.29 is 9.53 Å². The zero-order valence-corrected chi connectivity index (χ0v) is 11.9. The van der Waals surface area contributed by atoms with Crippen molar-refractivity contribution in [2.24, 2.45) is 0 Å². The van der Waals surface area contributed by atoms with Crippen LogP contribution in [0, 0.1) is 0 Å². The molecule has 1 fully saturated rings. The lowest BCUT2D eigenvalue weighted by molar-refractivity contribution is -0.143. The molecule has 0 bridgehead atoms. The van der Waals surface area contributed by atoms with Crippen LogP contribution in [0.3, 0.4) is 0 Å². The Balaban J connectivity index is 1.92. The first-order valence-corrected chi connectivity index (χ1v) is 7.54. The summed E-state index contributed by atoms with van der Waals surface area (Å²) in [4.78, 5) is 11.4. The molecule has 0 amide bonds. The summed E-state index contributed by atoms with van der Waals surface area (Å²) in [6, 6.07) is 8.77. The lowest BCUT2D eigenvalue weighted by Crippen LogP contribution is -2.07. The van der Waals surface area contributed by atoms with E-state index in [1.165, 1.54) is 43.2 Å². The molecule has 2 rings (SSSR count). The molecular weight excluding hydrogens is 236 g/mol. The molecule has 0 heterocycles. The second-order valence-corrected chi connectivity index (χ2v) is 5.38. The van der Waals surface area contributed by atoms with Crippen LogP contribution in [-0.2, 0) is 16.0 Å². The van der Waals surface area contributed by atoms with Crippen LogP contribution in [0.4, 0.5) is 0 Å². The topological polar surface area (TPSA) is 26.3 Å². The average molecular weight is 260 g/mol. The molecule has 0 atom stereocenters. The van der Waals surface area contributed by atoms with Gasteiger partial charge in [0, 0.05) is 6.42 Å². The Kier molecular flexibility index (Phi) is 5.44. The van der Waals surface area contributed by atoms with Crippen molar-refractivity contribution in [3.63, 3.8) is 0 Å². The molecule has 0 N–H and O–H groups in total. The Morgan fingerprint density at radius 3 is 2.79 bits per heavy atom. The van der Waals surface area contributed by atoms with E-state index in [4.69, 9.17) is 4.74 Å². The van der Waals surface area contributed by atoms with Gasteiger partial charge in [-0.3, -0.25) is 4.79 Å². The van der Waals surface area contributed by atoms with E-state index in [0.717, 1.165) is 12.3 Å². The molecule has 0 aliphatic heterocycles. The summed E-state index contributed by atoms with van der Waals surface area (Å²) in [5.41, 5.74) is 2.72. The van der Waals surface area contributed by atoms with Crippen LogP contribution in [0.1, 0.15) is 62.5 Å². The number of carbonyl (C=O) groups is 1. The summed E-state index contributed by atoms with van der Waals surface area (Å²) in [6.07, 6.45) is 8.03. The molecular formula is C17H24O2. The Bertz CT molecular complexity index is 405. The lowest BCUT2D eigenvalue weighted by atomic mass is 9.83. The van der Waals surface area contributed by atoms with Crippen LogP contribution in [0.15, 0.2) is 24.3 Å². The van der Waals surface area contributed by atoms with Gasteiger partial charge in [0.15, 0.2) is 0 Å². The largest absolute Gasteiger partial charge is 0.466 e. The van der Waals surface area contributed by atoms with Crippen molar-refractivity contribution in [3.8, 4) is 0 Å². The Morgan fingerprint density at radius 1 is 1.26 bits per heavy atom. The zero-order chi connectivity index (χ0) is 13.5. The van der Waals surface area contributed by atoms with Gasteiger partial charge in [0.1, 0.15) is 0 Å². The minimum absolute atomic E-state index is 0.0921. The van der Waals surface area contributed by atoms with E-state index < -0.39 is 0 Å². The molecule has 0 radical (unpaired) electrons. The highest BCUT2D eigenvalue weighted by molar-refractivity contribution is 5.69. The number of esters is 1. The number of benzene rings is 1. The molecule has 104 valence electrons. The van der Waals surface area contributed by atoms with Crippen molar-refractivity contribution in [2.75, 3.05) is 6.61 Å². The third-order valence-corrected chi connectivity index (χ3v) is 3.95.